The Morgan fingerprint density at radius 3 is 1.83 bits per heavy atom. The van der Waals surface area contributed by atoms with Crippen LogP contribution in [0.5, 0.6) is 0 Å². The third-order valence-electron chi connectivity index (χ3n) is 5.28. The minimum absolute atomic E-state index is 0.168. The minimum Gasteiger partial charge on any atom is -0.140 e. The highest BCUT2D eigenvalue weighted by Gasteiger charge is 2.18. The summed E-state index contributed by atoms with van der Waals surface area (Å²) in [6.45, 7) is 9.11. The molecule has 0 spiro atoms. The minimum atomic E-state index is 0.168. The maximum Gasteiger partial charge on any atom is 0.0369 e. The van der Waals surface area contributed by atoms with Crippen LogP contribution in [0.25, 0.3) is 11.1 Å². The summed E-state index contributed by atoms with van der Waals surface area (Å²) >= 11 is 3.83. The third kappa shape index (κ3) is 4.35. The lowest BCUT2D eigenvalue weighted by atomic mass is 9.95. The van der Waals surface area contributed by atoms with Gasteiger partial charge in [0, 0.05) is 24.4 Å². The molecule has 2 aromatic carbocycles. The molecular formula is C28H28S2. The van der Waals surface area contributed by atoms with E-state index in [1.807, 2.05) is 22.7 Å². The lowest BCUT2D eigenvalue weighted by Gasteiger charge is -2.15. The SMILES string of the molecule is CCC(c1ccccc1)=c1ccc(=C(c2ccccc2)c2ccc(C(C)(C)C)s2)s1. The monoisotopic (exact) mass is 428 g/mol. The zero-order valence-corrected chi connectivity index (χ0v) is 19.7. The quantitative estimate of drug-likeness (QED) is 0.329. The predicted octanol–water partition coefficient (Wildman–Crippen LogP) is 6.96. The molecule has 152 valence electrons. The standard InChI is InChI=1S/C28H28S2/c1-5-22(20-12-8-6-9-13-20)23-16-17-24(29-23)27(21-14-10-7-11-15-21)25-18-19-26(30-25)28(2,3)4/h6-19H,5H2,1-4H3. The number of rotatable bonds is 4. The van der Waals surface area contributed by atoms with Crippen molar-refractivity contribution >= 4 is 33.8 Å². The molecule has 2 aromatic heterocycles. The topological polar surface area (TPSA) is 0 Å². The molecule has 4 rings (SSSR count). The molecule has 4 aromatic rings. The van der Waals surface area contributed by atoms with Crippen molar-refractivity contribution in [1.82, 2.24) is 0 Å². The first-order valence-corrected chi connectivity index (χ1v) is 12.2. The molecule has 0 saturated carbocycles. The van der Waals surface area contributed by atoms with Gasteiger partial charge in [-0.3, -0.25) is 0 Å². The Kier molecular flexibility index (Phi) is 6.08. The molecule has 2 heterocycles. The van der Waals surface area contributed by atoms with Crippen LogP contribution in [0.4, 0.5) is 0 Å². The lowest BCUT2D eigenvalue weighted by molar-refractivity contribution is 0.604. The molecule has 0 nitrogen and oxygen atoms in total. The Labute approximate surface area is 187 Å². The van der Waals surface area contributed by atoms with Gasteiger partial charge in [0.1, 0.15) is 0 Å². The van der Waals surface area contributed by atoms with Crippen LogP contribution in [-0.2, 0) is 5.41 Å². The van der Waals surface area contributed by atoms with E-state index in [0.29, 0.717) is 0 Å². The van der Waals surface area contributed by atoms with E-state index in [2.05, 4.69) is 113 Å². The van der Waals surface area contributed by atoms with E-state index >= 15 is 0 Å². The fourth-order valence-electron chi connectivity index (χ4n) is 3.68. The van der Waals surface area contributed by atoms with Gasteiger partial charge >= 0.3 is 0 Å². The Bertz CT molecular complexity index is 1230. The molecule has 0 saturated heterocycles. The van der Waals surface area contributed by atoms with Gasteiger partial charge in [-0.2, -0.15) is 0 Å². The molecule has 0 bridgehead atoms. The second-order valence-electron chi connectivity index (χ2n) is 8.52. The van der Waals surface area contributed by atoms with Gasteiger partial charge in [-0.15, -0.1) is 22.7 Å². The van der Waals surface area contributed by atoms with Crippen molar-refractivity contribution in [3.63, 3.8) is 0 Å². The number of thiophene rings is 2. The molecule has 30 heavy (non-hydrogen) atoms. The van der Waals surface area contributed by atoms with Gasteiger partial charge in [-0.1, -0.05) is 88.4 Å². The van der Waals surface area contributed by atoms with E-state index < -0.39 is 0 Å². The number of hydrogen-bond acceptors (Lipinski definition) is 2. The van der Waals surface area contributed by atoms with E-state index in [0.717, 1.165) is 6.42 Å². The second kappa shape index (κ2) is 8.75. The van der Waals surface area contributed by atoms with Gasteiger partial charge in [-0.25, -0.2) is 0 Å². The van der Waals surface area contributed by atoms with E-state index in [1.165, 1.54) is 41.1 Å². The summed E-state index contributed by atoms with van der Waals surface area (Å²) in [6.07, 6.45) is 1.03. The molecule has 0 aliphatic carbocycles. The summed E-state index contributed by atoms with van der Waals surface area (Å²) in [4.78, 5) is 2.77. The van der Waals surface area contributed by atoms with Crippen LogP contribution in [-0.4, -0.2) is 0 Å². The van der Waals surface area contributed by atoms with Crippen molar-refractivity contribution in [2.75, 3.05) is 0 Å². The second-order valence-corrected chi connectivity index (χ2v) is 10.7. The summed E-state index contributed by atoms with van der Waals surface area (Å²) in [5, 5.41) is 0. The molecule has 0 aliphatic rings. The Balaban J connectivity index is 1.97. The van der Waals surface area contributed by atoms with Crippen LogP contribution < -0.4 is 9.06 Å². The summed E-state index contributed by atoms with van der Waals surface area (Å²) in [7, 11) is 0. The van der Waals surface area contributed by atoms with Crippen molar-refractivity contribution < 1.29 is 0 Å². The fourth-order valence-corrected chi connectivity index (χ4v) is 6.11. The average Bonchev–Trinajstić information content (AvgIpc) is 3.41. The molecule has 0 N–H and O–H groups in total. The molecule has 0 atom stereocenters. The first kappa shape index (κ1) is 20.8. The van der Waals surface area contributed by atoms with Crippen LogP contribution in [0.1, 0.15) is 55.0 Å². The average molecular weight is 429 g/mol. The smallest absolute Gasteiger partial charge is 0.0369 e. The van der Waals surface area contributed by atoms with Crippen molar-refractivity contribution in [3.8, 4) is 0 Å². The van der Waals surface area contributed by atoms with Gasteiger partial charge in [0.2, 0.25) is 0 Å². The van der Waals surface area contributed by atoms with Gasteiger partial charge in [-0.05, 0) is 52.8 Å². The summed E-state index contributed by atoms with van der Waals surface area (Å²) in [6, 6.07) is 30.8. The maximum atomic E-state index is 2.30. The fraction of sp³-hybridized carbons (Fsp3) is 0.214. The van der Waals surface area contributed by atoms with Crippen molar-refractivity contribution in [1.29, 1.82) is 0 Å². The Hall–Kier alpha value is -2.42. The van der Waals surface area contributed by atoms with Crippen molar-refractivity contribution in [3.05, 3.63) is 115 Å². The predicted molar refractivity (Wildman–Crippen MR) is 134 cm³/mol. The zero-order valence-electron chi connectivity index (χ0n) is 18.1. The summed E-state index contributed by atoms with van der Waals surface area (Å²) in [5.74, 6) is 0. The maximum absolute atomic E-state index is 2.30. The van der Waals surface area contributed by atoms with Gasteiger partial charge in [0.15, 0.2) is 0 Å². The van der Waals surface area contributed by atoms with Crippen LogP contribution in [0, 0.1) is 0 Å². The van der Waals surface area contributed by atoms with Crippen LogP contribution in [0.3, 0.4) is 0 Å². The van der Waals surface area contributed by atoms with E-state index in [-0.39, 0.29) is 5.41 Å². The highest BCUT2D eigenvalue weighted by molar-refractivity contribution is 7.13. The van der Waals surface area contributed by atoms with Crippen LogP contribution in [0.2, 0.25) is 0 Å². The highest BCUT2D eigenvalue weighted by atomic mass is 32.1. The molecule has 2 heteroatoms. The first-order valence-electron chi connectivity index (χ1n) is 10.5. The van der Waals surface area contributed by atoms with Gasteiger partial charge < -0.3 is 0 Å². The normalized spacial score (nSPS) is 13.9. The van der Waals surface area contributed by atoms with E-state index in [1.54, 1.807) is 0 Å². The third-order valence-corrected chi connectivity index (χ3v) is 7.97. The lowest BCUT2D eigenvalue weighted by Crippen LogP contribution is -2.08. The van der Waals surface area contributed by atoms with E-state index in [4.69, 9.17) is 0 Å². The van der Waals surface area contributed by atoms with Crippen molar-refractivity contribution in [2.45, 2.75) is 39.5 Å². The summed E-state index contributed by atoms with van der Waals surface area (Å²) in [5.41, 5.74) is 5.53. The van der Waals surface area contributed by atoms with Crippen molar-refractivity contribution in [2.24, 2.45) is 0 Å². The van der Waals surface area contributed by atoms with Crippen LogP contribution >= 0.6 is 22.7 Å². The summed E-state index contributed by atoms with van der Waals surface area (Å²) < 4.78 is 2.69. The number of benzene rings is 2. The van der Waals surface area contributed by atoms with E-state index in [9.17, 15) is 0 Å². The molecule has 0 radical (unpaired) electrons. The Morgan fingerprint density at radius 1 is 0.667 bits per heavy atom. The van der Waals surface area contributed by atoms with Gasteiger partial charge in [0.25, 0.3) is 0 Å². The Morgan fingerprint density at radius 2 is 1.27 bits per heavy atom. The number of hydrogen-bond donors (Lipinski definition) is 0. The molecular weight excluding hydrogens is 400 g/mol. The molecule has 0 amide bonds. The zero-order chi connectivity index (χ0) is 21.1. The van der Waals surface area contributed by atoms with Crippen LogP contribution in [0.15, 0.2) is 84.9 Å². The largest absolute Gasteiger partial charge is 0.140 e. The van der Waals surface area contributed by atoms with Gasteiger partial charge in [0.05, 0.1) is 0 Å². The molecule has 0 aliphatic heterocycles. The molecule has 0 fully saturated rings. The molecule has 0 unspecified atom stereocenters. The highest BCUT2D eigenvalue weighted by Crippen LogP contribution is 2.34. The first-order chi connectivity index (χ1) is 14.5.